The highest BCUT2D eigenvalue weighted by Crippen LogP contribution is 2.21. The molecule has 0 spiro atoms. The van der Waals surface area contributed by atoms with E-state index in [0.717, 1.165) is 11.5 Å². The van der Waals surface area contributed by atoms with E-state index in [1.165, 1.54) is 36.0 Å². The van der Waals surface area contributed by atoms with E-state index in [2.05, 4.69) is 4.98 Å². The molecule has 0 bridgehead atoms. The molecule has 0 saturated heterocycles. The fraction of sp³-hybridized carbons (Fsp3) is 0.231. The lowest BCUT2D eigenvalue weighted by Crippen LogP contribution is -2.02. The molecule has 0 fully saturated rings. The van der Waals surface area contributed by atoms with Crippen LogP contribution >= 0.6 is 11.8 Å². The largest absolute Gasteiger partial charge is 0.437 e. The van der Waals surface area contributed by atoms with Crippen LogP contribution in [0, 0.1) is 19.7 Å². The highest BCUT2D eigenvalue weighted by Gasteiger charge is 2.11. The zero-order valence-electron chi connectivity index (χ0n) is 10.1. The summed E-state index contributed by atoms with van der Waals surface area (Å²) in [5.41, 5.74) is 1.32. The molecule has 1 aromatic heterocycles. The SMILES string of the molecule is Cc1nc(SCC(=O)c2ccc(F)cc2)oc1C. The van der Waals surface area contributed by atoms with E-state index in [1.807, 2.05) is 13.8 Å². The Kier molecular flexibility index (Phi) is 3.81. The summed E-state index contributed by atoms with van der Waals surface area (Å²) in [5, 5.41) is 0.487. The average Bonchev–Trinajstić information content (AvgIpc) is 2.67. The summed E-state index contributed by atoms with van der Waals surface area (Å²) in [7, 11) is 0. The Morgan fingerprint density at radius 3 is 2.56 bits per heavy atom. The van der Waals surface area contributed by atoms with Crippen LogP contribution in [0.3, 0.4) is 0 Å². The molecule has 1 aromatic carbocycles. The van der Waals surface area contributed by atoms with E-state index in [9.17, 15) is 9.18 Å². The van der Waals surface area contributed by atoms with Crippen LogP contribution in [0.1, 0.15) is 21.8 Å². The number of carbonyl (C=O) groups excluding carboxylic acids is 1. The third kappa shape index (κ3) is 2.98. The first-order chi connectivity index (χ1) is 8.56. The molecular weight excluding hydrogens is 253 g/mol. The molecular formula is C13H12FNO2S. The maximum atomic E-state index is 12.7. The van der Waals surface area contributed by atoms with Crippen molar-refractivity contribution in [2.24, 2.45) is 0 Å². The summed E-state index contributed by atoms with van der Waals surface area (Å²) in [6.07, 6.45) is 0. The van der Waals surface area contributed by atoms with Crippen molar-refractivity contribution in [2.75, 3.05) is 5.75 Å². The molecule has 0 N–H and O–H groups in total. The van der Waals surface area contributed by atoms with Gasteiger partial charge >= 0.3 is 0 Å². The van der Waals surface area contributed by atoms with Crippen LogP contribution in [0.4, 0.5) is 4.39 Å². The fourth-order valence-electron chi connectivity index (χ4n) is 1.35. The summed E-state index contributed by atoms with van der Waals surface area (Å²) in [4.78, 5) is 16.0. The lowest BCUT2D eigenvalue weighted by atomic mass is 10.1. The lowest BCUT2D eigenvalue weighted by Gasteiger charge is -1.98. The van der Waals surface area contributed by atoms with Gasteiger partial charge in [0.25, 0.3) is 5.22 Å². The van der Waals surface area contributed by atoms with E-state index in [1.54, 1.807) is 0 Å². The lowest BCUT2D eigenvalue weighted by molar-refractivity contribution is 0.102. The molecule has 0 aliphatic carbocycles. The van der Waals surface area contributed by atoms with E-state index < -0.39 is 0 Å². The summed E-state index contributed by atoms with van der Waals surface area (Å²) in [6, 6.07) is 5.50. The van der Waals surface area contributed by atoms with Gasteiger partial charge in [0.15, 0.2) is 5.78 Å². The van der Waals surface area contributed by atoms with E-state index in [-0.39, 0.29) is 17.4 Å². The maximum Gasteiger partial charge on any atom is 0.256 e. The molecule has 0 atom stereocenters. The minimum absolute atomic E-state index is 0.0755. The van der Waals surface area contributed by atoms with Crippen molar-refractivity contribution in [3.05, 3.63) is 47.1 Å². The molecule has 0 radical (unpaired) electrons. The smallest absolute Gasteiger partial charge is 0.256 e. The van der Waals surface area contributed by atoms with Gasteiger partial charge in [0, 0.05) is 5.56 Å². The van der Waals surface area contributed by atoms with Crippen molar-refractivity contribution < 1.29 is 13.6 Å². The van der Waals surface area contributed by atoms with Gasteiger partial charge in [0.2, 0.25) is 0 Å². The van der Waals surface area contributed by atoms with Crippen molar-refractivity contribution in [1.82, 2.24) is 4.98 Å². The Morgan fingerprint density at radius 2 is 2.00 bits per heavy atom. The molecule has 18 heavy (non-hydrogen) atoms. The predicted molar refractivity (Wildman–Crippen MR) is 67.4 cm³/mol. The number of rotatable bonds is 4. The van der Waals surface area contributed by atoms with Crippen LogP contribution in [0.15, 0.2) is 33.9 Å². The van der Waals surface area contributed by atoms with Gasteiger partial charge in [-0.3, -0.25) is 4.79 Å². The second-order valence-electron chi connectivity index (χ2n) is 3.84. The molecule has 0 aliphatic heterocycles. The molecule has 3 nitrogen and oxygen atoms in total. The second-order valence-corrected chi connectivity index (χ2v) is 4.77. The Balaban J connectivity index is 1.98. The van der Waals surface area contributed by atoms with Gasteiger partial charge < -0.3 is 4.42 Å². The summed E-state index contributed by atoms with van der Waals surface area (Å²) >= 11 is 1.24. The van der Waals surface area contributed by atoms with Crippen molar-refractivity contribution in [3.63, 3.8) is 0 Å². The monoisotopic (exact) mass is 265 g/mol. The summed E-state index contributed by atoms with van der Waals surface area (Å²) < 4.78 is 18.1. The first-order valence-electron chi connectivity index (χ1n) is 5.42. The Labute approximate surface area is 108 Å². The van der Waals surface area contributed by atoms with Crippen molar-refractivity contribution in [2.45, 2.75) is 19.1 Å². The number of Topliss-reactive ketones (excluding diaryl/α,β-unsaturated/α-hetero) is 1. The predicted octanol–water partition coefficient (Wildman–Crippen LogP) is 3.41. The van der Waals surface area contributed by atoms with Crippen LogP contribution in [0.25, 0.3) is 0 Å². The number of aromatic nitrogens is 1. The maximum absolute atomic E-state index is 12.7. The zero-order chi connectivity index (χ0) is 13.1. The molecule has 94 valence electrons. The zero-order valence-corrected chi connectivity index (χ0v) is 10.9. The molecule has 5 heteroatoms. The number of halogens is 1. The van der Waals surface area contributed by atoms with Gasteiger partial charge in [-0.05, 0) is 38.1 Å². The Bertz CT molecular complexity index is 543. The van der Waals surface area contributed by atoms with E-state index in [0.29, 0.717) is 10.8 Å². The third-order valence-corrected chi connectivity index (χ3v) is 3.33. The van der Waals surface area contributed by atoms with Gasteiger partial charge in [0.05, 0.1) is 11.4 Å². The topological polar surface area (TPSA) is 43.1 Å². The van der Waals surface area contributed by atoms with Gasteiger partial charge in [-0.25, -0.2) is 9.37 Å². The molecule has 0 aliphatic rings. The number of ketones is 1. The van der Waals surface area contributed by atoms with Crippen molar-refractivity contribution >= 4 is 17.5 Å². The standard InChI is InChI=1S/C13H12FNO2S/c1-8-9(2)17-13(15-8)18-7-12(16)10-3-5-11(14)6-4-10/h3-6H,7H2,1-2H3. The fourth-order valence-corrected chi connectivity index (χ4v) is 2.16. The number of hydrogen-bond donors (Lipinski definition) is 0. The van der Waals surface area contributed by atoms with Gasteiger partial charge in [-0.1, -0.05) is 11.8 Å². The van der Waals surface area contributed by atoms with Gasteiger partial charge in [-0.15, -0.1) is 0 Å². The third-order valence-electron chi connectivity index (χ3n) is 2.50. The first-order valence-corrected chi connectivity index (χ1v) is 6.40. The number of carbonyl (C=O) groups is 1. The van der Waals surface area contributed by atoms with Gasteiger partial charge in [-0.2, -0.15) is 0 Å². The van der Waals surface area contributed by atoms with Crippen LogP contribution in [-0.2, 0) is 0 Å². The van der Waals surface area contributed by atoms with Gasteiger partial charge in [0.1, 0.15) is 11.6 Å². The van der Waals surface area contributed by atoms with Crippen LogP contribution in [-0.4, -0.2) is 16.5 Å². The van der Waals surface area contributed by atoms with Crippen LogP contribution in [0.5, 0.6) is 0 Å². The quantitative estimate of drug-likeness (QED) is 0.627. The highest BCUT2D eigenvalue weighted by atomic mass is 32.2. The molecule has 0 amide bonds. The van der Waals surface area contributed by atoms with E-state index >= 15 is 0 Å². The van der Waals surface area contributed by atoms with E-state index in [4.69, 9.17) is 4.42 Å². The number of nitrogens with zero attached hydrogens (tertiary/aromatic N) is 1. The molecule has 2 rings (SSSR count). The Morgan fingerprint density at radius 1 is 1.33 bits per heavy atom. The second kappa shape index (κ2) is 5.35. The molecule has 1 heterocycles. The molecule has 0 unspecified atom stereocenters. The molecule has 0 saturated carbocycles. The normalized spacial score (nSPS) is 10.6. The number of aryl methyl sites for hydroxylation is 2. The van der Waals surface area contributed by atoms with Crippen LogP contribution < -0.4 is 0 Å². The number of thioether (sulfide) groups is 1. The molecule has 2 aromatic rings. The van der Waals surface area contributed by atoms with Crippen molar-refractivity contribution in [3.8, 4) is 0 Å². The highest BCUT2D eigenvalue weighted by molar-refractivity contribution is 7.99. The number of benzene rings is 1. The summed E-state index contributed by atoms with van der Waals surface area (Å²) in [5.74, 6) is 0.559. The number of oxazole rings is 1. The minimum atomic E-state index is -0.349. The minimum Gasteiger partial charge on any atom is -0.437 e. The Hall–Kier alpha value is -1.62. The summed E-state index contributed by atoms with van der Waals surface area (Å²) in [6.45, 7) is 3.68. The van der Waals surface area contributed by atoms with Crippen molar-refractivity contribution in [1.29, 1.82) is 0 Å². The first kappa shape index (κ1) is 12.8. The van der Waals surface area contributed by atoms with Crippen LogP contribution in [0.2, 0.25) is 0 Å². The number of hydrogen-bond acceptors (Lipinski definition) is 4. The average molecular weight is 265 g/mol.